The highest BCUT2D eigenvalue weighted by molar-refractivity contribution is 5.97. The number of Topliss-reactive ketones (excluding diaryl/α,β-unsaturated/α-hetero) is 1. The number of carbonyl (C=O) groups excluding carboxylic acids is 1. The normalized spacial score (nSPS) is 11.1. The van der Waals surface area contributed by atoms with Crippen LogP contribution in [0.15, 0.2) is 48.5 Å². The van der Waals surface area contributed by atoms with Gasteiger partial charge in [0.25, 0.3) is 0 Å². The van der Waals surface area contributed by atoms with Gasteiger partial charge < -0.3 is 19.3 Å². The number of ketones is 1. The van der Waals surface area contributed by atoms with Crippen LogP contribution in [-0.2, 0) is 6.42 Å². The van der Waals surface area contributed by atoms with E-state index in [0.717, 1.165) is 43.0 Å². The van der Waals surface area contributed by atoms with Crippen molar-refractivity contribution in [1.82, 2.24) is 9.80 Å². The lowest BCUT2D eigenvalue weighted by Gasteiger charge is -2.12. The van der Waals surface area contributed by atoms with Crippen molar-refractivity contribution in [2.75, 3.05) is 54.5 Å². The molecule has 0 aliphatic rings. The Morgan fingerprint density at radius 2 is 1.34 bits per heavy atom. The van der Waals surface area contributed by atoms with Crippen molar-refractivity contribution in [3.8, 4) is 11.5 Å². The lowest BCUT2D eigenvalue weighted by Crippen LogP contribution is -2.15. The highest BCUT2D eigenvalue weighted by Gasteiger charge is 2.09. The van der Waals surface area contributed by atoms with E-state index in [0.29, 0.717) is 25.2 Å². The van der Waals surface area contributed by atoms with Crippen LogP contribution in [-0.4, -0.2) is 70.1 Å². The minimum Gasteiger partial charge on any atom is -0.494 e. The minimum atomic E-state index is 0.0773. The van der Waals surface area contributed by atoms with Crippen molar-refractivity contribution in [3.63, 3.8) is 0 Å². The van der Waals surface area contributed by atoms with Crippen molar-refractivity contribution >= 4 is 5.78 Å². The standard InChI is InChI=1S/C24H34N2O3/c1-25(2)13-7-15-28-22-11-5-9-20(17-22)18-24(27)21-10-6-12-23(19-21)29-16-8-14-26(3)4/h5-6,9-12,17,19H,7-8,13-16,18H2,1-4H3. The minimum absolute atomic E-state index is 0.0773. The average molecular weight is 399 g/mol. The summed E-state index contributed by atoms with van der Waals surface area (Å²) in [5.41, 5.74) is 1.63. The maximum atomic E-state index is 12.7. The van der Waals surface area contributed by atoms with E-state index in [1.165, 1.54) is 0 Å². The molecule has 0 fully saturated rings. The molecule has 0 aromatic heterocycles. The van der Waals surface area contributed by atoms with Gasteiger partial charge in [0.15, 0.2) is 5.78 Å². The van der Waals surface area contributed by atoms with Crippen LogP contribution in [0.2, 0.25) is 0 Å². The molecule has 0 bridgehead atoms. The van der Waals surface area contributed by atoms with Gasteiger partial charge in [0.05, 0.1) is 13.2 Å². The number of rotatable bonds is 13. The van der Waals surface area contributed by atoms with Gasteiger partial charge in [-0.15, -0.1) is 0 Å². The molecule has 29 heavy (non-hydrogen) atoms. The van der Waals surface area contributed by atoms with E-state index in [4.69, 9.17) is 9.47 Å². The van der Waals surface area contributed by atoms with E-state index in [-0.39, 0.29) is 5.78 Å². The summed E-state index contributed by atoms with van der Waals surface area (Å²) in [6.07, 6.45) is 2.27. The number of hydrogen-bond donors (Lipinski definition) is 0. The Morgan fingerprint density at radius 3 is 1.93 bits per heavy atom. The fraction of sp³-hybridized carbons (Fsp3) is 0.458. The van der Waals surface area contributed by atoms with E-state index in [9.17, 15) is 4.79 Å². The zero-order valence-electron chi connectivity index (χ0n) is 18.2. The van der Waals surface area contributed by atoms with Crippen LogP contribution in [0, 0.1) is 0 Å². The molecule has 0 unspecified atom stereocenters. The molecule has 0 heterocycles. The summed E-state index contributed by atoms with van der Waals surface area (Å²) in [4.78, 5) is 17.0. The van der Waals surface area contributed by atoms with Gasteiger partial charge in [0.1, 0.15) is 11.5 Å². The molecular formula is C24H34N2O3. The molecule has 0 saturated heterocycles. The molecule has 5 heteroatoms. The van der Waals surface area contributed by atoms with Gasteiger partial charge in [-0.2, -0.15) is 0 Å². The van der Waals surface area contributed by atoms with Crippen molar-refractivity contribution < 1.29 is 14.3 Å². The quantitative estimate of drug-likeness (QED) is 0.379. The fourth-order valence-corrected chi connectivity index (χ4v) is 2.93. The van der Waals surface area contributed by atoms with E-state index in [1.54, 1.807) is 0 Å². The number of nitrogens with zero attached hydrogens (tertiary/aromatic N) is 2. The maximum Gasteiger partial charge on any atom is 0.167 e. The molecule has 0 radical (unpaired) electrons. The van der Waals surface area contributed by atoms with E-state index in [2.05, 4.69) is 23.9 Å². The van der Waals surface area contributed by atoms with Crippen molar-refractivity contribution in [3.05, 3.63) is 59.7 Å². The zero-order chi connectivity index (χ0) is 21.1. The largest absolute Gasteiger partial charge is 0.494 e. The summed E-state index contributed by atoms with van der Waals surface area (Å²) < 4.78 is 11.6. The van der Waals surface area contributed by atoms with Crippen LogP contribution in [0.25, 0.3) is 0 Å². The number of ether oxygens (including phenoxy) is 2. The topological polar surface area (TPSA) is 42.0 Å². The first-order chi connectivity index (χ1) is 13.9. The van der Waals surface area contributed by atoms with Crippen LogP contribution >= 0.6 is 0 Å². The molecule has 0 aliphatic carbocycles. The number of carbonyl (C=O) groups is 1. The Balaban J connectivity index is 1.88. The van der Waals surface area contributed by atoms with Crippen molar-refractivity contribution in [1.29, 1.82) is 0 Å². The second kappa shape index (κ2) is 12.2. The molecule has 158 valence electrons. The summed E-state index contributed by atoms with van der Waals surface area (Å²) in [7, 11) is 8.19. The molecule has 2 aromatic rings. The summed E-state index contributed by atoms with van der Waals surface area (Å²) in [5.74, 6) is 1.63. The molecule has 5 nitrogen and oxygen atoms in total. The smallest absolute Gasteiger partial charge is 0.167 e. The Bertz CT molecular complexity index is 759. The molecule has 0 spiro atoms. The Morgan fingerprint density at radius 1 is 0.793 bits per heavy atom. The van der Waals surface area contributed by atoms with Crippen LogP contribution < -0.4 is 9.47 Å². The van der Waals surface area contributed by atoms with Gasteiger partial charge in [0.2, 0.25) is 0 Å². The maximum absolute atomic E-state index is 12.7. The number of benzene rings is 2. The van der Waals surface area contributed by atoms with Crippen LogP contribution in [0.1, 0.15) is 28.8 Å². The first-order valence-corrected chi connectivity index (χ1v) is 10.2. The third kappa shape index (κ3) is 9.11. The molecule has 2 rings (SSSR count). The van der Waals surface area contributed by atoms with E-state index >= 15 is 0 Å². The van der Waals surface area contributed by atoms with E-state index < -0.39 is 0 Å². The van der Waals surface area contributed by atoms with Gasteiger partial charge in [-0.25, -0.2) is 0 Å². The molecule has 0 aliphatic heterocycles. The Hall–Kier alpha value is -2.37. The molecular weight excluding hydrogens is 364 g/mol. The summed E-state index contributed by atoms with van der Waals surface area (Å²) in [5, 5.41) is 0. The first-order valence-electron chi connectivity index (χ1n) is 10.2. The molecule has 0 amide bonds. The second-order valence-electron chi connectivity index (χ2n) is 7.79. The highest BCUT2D eigenvalue weighted by Crippen LogP contribution is 2.18. The van der Waals surface area contributed by atoms with Gasteiger partial charge in [-0.3, -0.25) is 4.79 Å². The SMILES string of the molecule is CN(C)CCCOc1cccc(CC(=O)c2cccc(OCCCN(C)C)c2)c1. The lowest BCUT2D eigenvalue weighted by molar-refractivity contribution is 0.0992. The molecule has 0 saturated carbocycles. The zero-order valence-corrected chi connectivity index (χ0v) is 18.2. The summed E-state index contributed by atoms with van der Waals surface area (Å²) in [6.45, 7) is 3.28. The first kappa shape index (κ1) is 22.9. The van der Waals surface area contributed by atoms with Crippen molar-refractivity contribution in [2.45, 2.75) is 19.3 Å². The molecule has 0 atom stereocenters. The van der Waals surface area contributed by atoms with Gasteiger partial charge in [-0.1, -0.05) is 24.3 Å². The second-order valence-corrected chi connectivity index (χ2v) is 7.79. The number of hydrogen-bond acceptors (Lipinski definition) is 5. The molecule has 2 aromatic carbocycles. The van der Waals surface area contributed by atoms with Gasteiger partial charge in [0, 0.05) is 25.1 Å². The monoisotopic (exact) mass is 398 g/mol. The average Bonchev–Trinajstić information content (AvgIpc) is 2.69. The van der Waals surface area contributed by atoms with Crippen LogP contribution in [0.4, 0.5) is 0 Å². The van der Waals surface area contributed by atoms with E-state index in [1.807, 2.05) is 62.6 Å². The highest BCUT2D eigenvalue weighted by atomic mass is 16.5. The van der Waals surface area contributed by atoms with Crippen molar-refractivity contribution in [2.24, 2.45) is 0 Å². The lowest BCUT2D eigenvalue weighted by atomic mass is 10.0. The summed E-state index contributed by atoms with van der Waals surface area (Å²) >= 11 is 0. The Kier molecular flexibility index (Phi) is 9.68. The predicted molar refractivity (Wildman–Crippen MR) is 118 cm³/mol. The molecule has 0 N–H and O–H groups in total. The van der Waals surface area contributed by atoms with Gasteiger partial charge in [-0.05, 0) is 70.9 Å². The van der Waals surface area contributed by atoms with Crippen LogP contribution in [0.5, 0.6) is 11.5 Å². The van der Waals surface area contributed by atoms with Gasteiger partial charge >= 0.3 is 0 Å². The predicted octanol–water partition coefficient (Wildman–Crippen LogP) is 3.77. The summed E-state index contributed by atoms with van der Waals surface area (Å²) in [6, 6.07) is 15.2. The third-order valence-electron chi connectivity index (χ3n) is 4.46. The Labute approximate surface area is 175 Å². The van der Waals surface area contributed by atoms with Crippen LogP contribution in [0.3, 0.4) is 0 Å². The fourth-order valence-electron chi connectivity index (χ4n) is 2.93. The third-order valence-corrected chi connectivity index (χ3v) is 4.46.